The van der Waals surface area contributed by atoms with Crippen molar-refractivity contribution >= 4 is 23.2 Å². The van der Waals surface area contributed by atoms with Crippen LogP contribution in [-0.2, 0) is 9.59 Å². The molecular weight excluding hydrogens is 262 g/mol. The first-order valence-corrected chi connectivity index (χ1v) is 7.58. The summed E-state index contributed by atoms with van der Waals surface area (Å²) in [6.45, 7) is 2.18. The molecule has 1 N–H and O–H groups in total. The minimum Gasteiger partial charge on any atom is -0.342 e. The second kappa shape index (κ2) is 4.92. The highest BCUT2D eigenvalue weighted by atomic mass is 32.1. The van der Waals surface area contributed by atoms with Gasteiger partial charge in [-0.05, 0) is 25.2 Å². The quantitative estimate of drug-likeness (QED) is 0.904. The SMILES string of the molecule is CCC(c1nccs1)N1CC(=O)NC(C2CC2)C1=O. The van der Waals surface area contributed by atoms with Gasteiger partial charge in [0.15, 0.2) is 0 Å². The lowest BCUT2D eigenvalue weighted by atomic mass is 10.1. The second-order valence-electron chi connectivity index (χ2n) is 5.14. The van der Waals surface area contributed by atoms with E-state index in [1.54, 1.807) is 22.4 Å². The summed E-state index contributed by atoms with van der Waals surface area (Å²) in [5, 5.41) is 5.66. The van der Waals surface area contributed by atoms with E-state index in [2.05, 4.69) is 10.3 Å². The van der Waals surface area contributed by atoms with E-state index in [1.165, 1.54) is 0 Å². The number of amides is 2. The fraction of sp³-hybridized carbons (Fsp3) is 0.615. The van der Waals surface area contributed by atoms with Crippen LogP contribution in [0.4, 0.5) is 0 Å². The molecule has 2 amide bonds. The van der Waals surface area contributed by atoms with Gasteiger partial charge in [0.1, 0.15) is 17.6 Å². The fourth-order valence-corrected chi connectivity index (χ4v) is 3.47. The zero-order chi connectivity index (χ0) is 13.4. The third-order valence-corrected chi connectivity index (χ3v) is 4.65. The first-order chi connectivity index (χ1) is 9.20. The zero-order valence-electron chi connectivity index (χ0n) is 10.8. The van der Waals surface area contributed by atoms with Gasteiger partial charge in [0.2, 0.25) is 11.8 Å². The largest absolute Gasteiger partial charge is 0.342 e. The van der Waals surface area contributed by atoms with Crippen molar-refractivity contribution in [2.24, 2.45) is 5.92 Å². The molecule has 0 radical (unpaired) electrons. The van der Waals surface area contributed by atoms with Gasteiger partial charge in [-0.1, -0.05) is 6.92 Å². The fourth-order valence-electron chi connectivity index (χ4n) is 2.63. The monoisotopic (exact) mass is 279 g/mol. The standard InChI is InChI=1S/C13H17N3O2S/c1-2-9(12-14-5-6-19-12)16-7-10(17)15-11(13(16)18)8-3-4-8/h5-6,8-9,11H,2-4,7H2,1H3,(H,15,17). The van der Waals surface area contributed by atoms with Gasteiger partial charge in [-0.3, -0.25) is 9.59 Å². The van der Waals surface area contributed by atoms with Gasteiger partial charge in [0.25, 0.3) is 0 Å². The van der Waals surface area contributed by atoms with Crippen LogP contribution in [0.5, 0.6) is 0 Å². The van der Waals surface area contributed by atoms with E-state index < -0.39 is 0 Å². The average molecular weight is 279 g/mol. The minimum atomic E-state index is -0.310. The van der Waals surface area contributed by atoms with Crippen molar-refractivity contribution in [3.05, 3.63) is 16.6 Å². The number of hydrogen-bond acceptors (Lipinski definition) is 4. The van der Waals surface area contributed by atoms with Crippen LogP contribution < -0.4 is 5.32 Å². The number of nitrogens with one attached hydrogen (secondary N) is 1. The summed E-state index contributed by atoms with van der Waals surface area (Å²) in [7, 11) is 0. The first kappa shape index (κ1) is 12.6. The topological polar surface area (TPSA) is 62.3 Å². The Balaban J connectivity index is 1.84. The predicted octanol–water partition coefficient (Wildman–Crippen LogP) is 1.33. The van der Waals surface area contributed by atoms with Gasteiger partial charge >= 0.3 is 0 Å². The highest BCUT2D eigenvalue weighted by molar-refractivity contribution is 7.09. The predicted molar refractivity (Wildman–Crippen MR) is 71.5 cm³/mol. The van der Waals surface area contributed by atoms with Crippen LogP contribution in [0.15, 0.2) is 11.6 Å². The molecule has 3 rings (SSSR count). The maximum absolute atomic E-state index is 12.5. The van der Waals surface area contributed by atoms with E-state index in [0.29, 0.717) is 5.92 Å². The van der Waals surface area contributed by atoms with Gasteiger partial charge in [0, 0.05) is 11.6 Å². The number of carbonyl (C=O) groups is 2. The van der Waals surface area contributed by atoms with Crippen LogP contribution in [0.2, 0.25) is 0 Å². The van der Waals surface area contributed by atoms with Crippen LogP contribution in [0.1, 0.15) is 37.2 Å². The molecule has 1 saturated carbocycles. The van der Waals surface area contributed by atoms with Gasteiger partial charge in [-0.25, -0.2) is 4.98 Å². The van der Waals surface area contributed by atoms with Crippen molar-refractivity contribution in [3.63, 3.8) is 0 Å². The molecule has 1 aliphatic carbocycles. The summed E-state index contributed by atoms with van der Waals surface area (Å²) in [5.41, 5.74) is 0. The normalized spacial score (nSPS) is 25.3. The highest BCUT2D eigenvalue weighted by Gasteiger charge is 2.44. The van der Waals surface area contributed by atoms with Gasteiger partial charge in [0.05, 0.1) is 6.04 Å². The zero-order valence-corrected chi connectivity index (χ0v) is 11.7. The van der Waals surface area contributed by atoms with E-state index in [1.807, 2.05) is 12.3 Å². The van der Waals surface area contributed by atoms with Crippen LogP contribution in [0, 0.1) is 5.92 Å². The Hall–Kier alpha value is -1.43. The number of nitrogens with zero attached hydrogens (tertiary/aromatic N) is 2. The van der Waals surface area contributed by atoms with Gasteiger partial charge < -0.3 is 10.2 Å². The van der Waals surface area contributed by atoms with Crippen LogP contribution in [0.25, 0.3) is 0 Å². The number of carbonyl (C=O) groups excluding carboxylic acids is 2. The lowest BCUT2D eigenvalue weighted by Gasteiger charge is -2.37. The first-order valence-electron chi connectivity index (χ1n) is 6.70. The third-order valence-electron chi connectivity index (χ3n) is 3.77. The molecule has 2 heterocycles. The summed E-state index contributed by atoms with van der Waals surface area (Å²) in [6.07, 6.45) is 4.61. The third kappa shape index (κ3) is 2.36. The van der Waals surface area contributed by atoms with E-state index in [4.69, 9.17) is 0 Å². The Labute approximate surface area is 116 Å². The van der Waals surface area contributed by atoms with Gasteiger partial charge in [-0.15, -0.1) is 11.3 Å². The van der Waals surface area contributed by atoms with Crippen molar-refractivity contribution in [2.45, 2.75) is 38.3 Å². The molecule has 1 aliphatic heterocycles. The van der Waals surface area contributed by atoms with Crippen molar-refractivity contribution in [3.8, 4) is 0 Å². The maximum Gasteiger partial charge on any atom is 0.246 e. The lowest BCUT2D eigenvalue weighted by molar-refractivity contribution is -0.147. The Morgan fingerprint density at radius 2 is 2.32 bits per heavy atom. The minimum absolute atomic E-state index is 0.0495. The molecule has 1 aromatic heterocycles. The molecule has 2 fully saturated rings. The Kier molecular flexibility index (Phi) is 3.26. The number of thiazole rings is 1. The molecule has 0 aromatic carbocycles. The molecule has 2 unspecified atom stereocenters. The van der Waals surface area contributed by atoms with E-state index in [-0.39, 0.29) is 30.4 Å². The van der Waals surface area contributed by atoms with E-state index in [9.17, 15) is 9.59 Å². The number of aromatic nitrogens is 1. The number of piperazine rings is 1. The van der Waals surface area contributed by atoms with Gasteiger partial charge in [-0.2, -0.15) is 0 Å². The molecule has 6 heteroatoms. The summed E-state index contributed by atoms with van der Waals surface area (Å²) in [5.74, 6) is 0.351. The van der Waals surface area contributed by atoms with E-state index >= 15 is 0 Å². The number of hydrogen-bond donors (Lipinski definition) is 1. The summed E-state index contributed by atoms with van der Waals surface area (Å²) >= 11 is 1.54. The molecule has 102 valence electrons. The molecule has 19 heavy (non-hydrogen) atoms. The Bertz CT molecular complexity index is 484. The summed E-state index contributed by atoms with van der Waals surface area (Å²) in [4.78, 5) is 30.4. The maximum atomic E-state index is 12.5. The molecule has 2 atom stereocenters. The molecule has 1 saturated heterocycles. The Morgan fingerprint density at radius 3 is 2.89 bits per heavy atom. The number of rotatable bonds is 4. The highest BCUT2D eigenvalue weighted by Crippen LogP contribution is 2.36. The van der Waals surface area contributed by atoms with Crippen molar-refractivity contribution in [1.29, 1.82) is 0 Å². The molecule has 0 spiro atoms. The van der Waals surface area contributed by atoms with Crippen molar-refractivity contribution in [2.75, 3.05) is 6.54 Å². The Morgan fingerprint density at radius 1 is 1.53 bits per heavy atom. The smallest absolute Gasteiger partial charge is 0.246 e. The van der Waals surface area contributed by atoms with E-state index in [0.717, 1.165) is 24.3 Å². The molecular formula is C13H17N3O2S. The van der Waals surface area contributed by atoms with Crippen LogP contribution in [-0.4, -0.2) is 34.3 Å². The second-order valence-corrected chi connectivity index (χ2v) is 6.07. The van der Waals surface area contributed by atoms with Crippen molar-refractivity contribution in [1.82, 2.24) is 15.2 Å². The van der Waals surface area contributed by atoms with Crippen molar-refractivity contribution < 1.29 is 9.59 Å². The lowest BCUT2D eigenvalue weighted by Crippen LogP contribution is -2.59. The summed E-state index contributed by atoms with van der Waals surface area (Å²) in [6, 6.07) is -0.380. The average Bonchev–Trinajstić information content (AvgIpc) is 3.10. The molecule has 2 aliphatic rings. The van der Waals surface area contributed by atoms with Crippen LogP contribution >= 0.6 is 11.3 Å². The van der Waals surface area contributed by atoms with Crippen LogP contribution in [0.3, 0.4) is 0 Å². The molecule has 5 nitrogen and oxygen atoms in total. The molecule has 1 aromatic rings. The molecule has 0 bridgehead atoms. The summed E-state index contributed by atoms with van der Waals surface area (Å²) < 4.78 is 0.